The maximum Gasteiger partial charge on any atom is 4.00 e. The van der Waals surface area contributed by atoms with E-state index in [1.54, 1.807) is 0 Å². The minimum atomic E-state index is 0. The van der Waals surface area contributed by atoms with Crippen LogP contribution >= 0.6 is 0 Å². The zero-order chi connectivity index (χ0) is 21.8. The summed E-state index contributed by atoms with van der Waals surface area (Å²) in [5.74, 6) is 0. The smallest absolute Gasteiger partial charge is 1.00 e. The normalized spacial score (nSPS) is 11.8. The van der Waals surface area contributed by atoms with Crippen molar-refractivity contribution in [1.82, 2.24) is 0 Å². The molecule has 0 nitrogen and oxygen atoms in total. The average Bonchev–Trinajstić information content (AvgIpc) is 3.18. The first-order valence-electron chi connectivity index (χ1n) is 11.3. The molecular formula is C30H36Cl2Zr. The Morgan fingerprint density at radius 1 is 0.576 bits per heavy atom. The van der Waals surface area contributed by atoms with Crippen LogP contribution in [0.4, 0.5) is 0 Å². The van der Waals surface area contributed by atoms with Gasteiger partial charge in [0.05, 0.1) is 0 Å². The summed E-state index contributed by atoms with van der Waals surface area (Å²) in [4.78, 5) is 0. The molecule has 33 heavy (non-hydrogen) atoms. The van der Waals surface area contributed by atoms with Gasteiger partial charge in [-0.25, -0.2) is 0 Å². The number of rotatable bonds is 3. The van der Waals surface area contributed by atoms with Crippen molar-refractivity contribution in [2.24, 2.45) is 0 Å². The fourth-order valence-corrected chi connectivity index (χ4v) is 4.64. The number of fused-ring (bicyclic) bond motifs is 2. The van der Waals surface area contributed by atoms with E-state index in [1.165, 1.54) is 54.9 Å². The molecule has 0 saturated heterocycles. The Hall–Kier alpha value is -0.877. The summed E-state index contributed by atoms with van der Waals surface area (Å²) in [6, 6.07) is 19.1. The van der Waals surface area contributed by atoms with Crippen LogP contribution in [0.2, 0.25) is 0 Å². The molecule has 0 fully saturated rings. The van der Waals surface area contributed by atoms with Crippen LogP contribution in [0.15, 0.2) is 48.5 Å². The molecule has 0 bridgehead atoms. The van der Waals surface area contributed by atoms with Gasteiger partial charge in [-0.3, -0.25) is 0 Å². The Balaban J connectivity index is 0.00000181. The van der Waals surface area contributed by atoms with Crippen molar-refractivity contribution >= 4 is 21.5 Å². The number of hydrogen-bond acceptors (Lipinski definition) is 0. The van der Waals surface area contributed by atoms with Gasteiger partial charge in [-0.1, -0.05) is 89.8 Å². The van der Waals surface area contributed by atoms with Gasteiger partial charge in [-0.15, -0.1) is 56.9 Å². The van der Waals surface area contributed by atoms with Crippen LogP contribution in [0.1, 0.15) is 74.9 Å². The van der Waals surface area contributed by atoms with Crippen molar-refractivity contribution in [3.05, 3.63) is 81.9 Å². The van der Waals surface area contributed by atoms with E-state index in [0.29, 0.717) is 0 Å². The second-order valence-electron chi connectivity index (χ2n) is 11.3. The largest absolute Gasteiger partial charge is 4.00 e. The van der Waals surface area contributed by atoms with Crippen molar-refractivity contribution in [2.75, 3.05) is 0 Å². The Morgan fingerprint density at radius 2 is 0.909 bits per heavy atom. The predicted molar refractivity (Wildman–Crippen MR) is 133 cm³/mol. The first-order chi connectivity index (χ1) is 13.9. The van der Waals surface area contributed by atoms with Crippen LogP contribution in [0, 0.1) is 13.8 Å². The van der Waals surface area contributed by atoms with E-state index in [1.807, 2.05) is 0 Å². The standard InChI is InChI=1S/C30H36.2ClH.Zr/c1-19-11-23-17-25(29(3,4)5)15-21(27(23)13-19)9-10-22-16-26(30(6,7)8)18-24-12-20(2)14-28(22)24;;;/h11-18H,9-10H2,1-8H3;2*1H;/q-2;;;+4/p-2. The van der Waals surface area contributed by atoms with Crippen LogP contribution in [-0.2, 0) is 49.9 Å². The number of hydrogen-bond donors (Lipinski definition) is 0. The molecule has 0 aromatic heterocycles. The fraction of sp³-hybridized carbons (Fsp3) is 0.400. The number of benzene rings is 2. The molecule has 0 aliphatic rings. The van der Waals surface area contributed by atoms with E-state index < -0.39 is 0 Å². The topological polar surface area (TPSA) is 0 Å². The monoisotopic (exact) mass is 556 g/mol. The van der Waals surface area contributed by atoms with Gasteiger partial charge in [-0.05, 0) is 23.7 Å². The maximum absolute atomic E-state index is 2.46. The molecule has 4 aromatic carbocycles. The van der Waals surface area contributed by atoms with E-state index in [4.69, 9.17) is 0 Å². The third-order valence-electron chi connectivity index (χ3n) is 6.50. The minimum Gasteiger partial charge on any atom is -1.00 e. The molecule has 0 spiro atoms. The van der Waals surface area contributed by atoms with Gasteiger partial charge in [0.1, 0.15) is 0 Å². The predicted octanol–water partition coefficient (Wildman–Crippen LogP) is 2.43. The van der Waals surface area contributed by atoms with E-state index in [-0.39, 0.29) is 61.8 Å². The van der Waals surface area contributed by atoms with E-state index in [9.17, 15) is 0 Å². The first kappa shape index (κ1) is 30.2. The van der Waals surface area contributed by atoms with Gasteiger partial charge < -0.3 is 24.8 Å². The molecule has 0 heterocycles. The molecular weight excluding hydrogens is 522 g/mol. The quantitative estimate of drug-likeness (QED) is 0.339. The fourth-order valence-electron chi connectivity index (χ4n) is 4.64. The summed E-state index contributed by atoms with van der Waals surface area (Å²) in [6.07, 6.45) is 2.16. The second-order valence-corrected chi connectivity index (χ2v) is 11.3. The third kappa shape index (κ3) is 6.42. The van der Waals surface area contributed by atoms with Gasteiger partial charge in [0.15, 0.2) is 0 Å². The molecule has 4 aromatic rings. The molecule has 0 atom stereocenters. The summed E-state index contributed by atoms with van der Waals surface area (Å²) in [5.41, 5.74) is 8.90. The number of aryl methyl sites for hydroxylation is 4. The van der Waals surface area contributed by atoms with Crippen LogP contribution in [-0.4, -0.2) is 0 Å². The number of halogens is 2. The van der Waals surface area contributed by atoms with Crippen molar-refractivity contribution in [3.8, 4) is 0 Å². The summed E-state index contributed by atoms with van der Waals surface area (Å²) >= 11 is 0. The van der Waals surface area contributed by atoms with Crippen molar-refractivity contribution in [2.45, 2.75) is 79.1 Å². The van der Waals surface area contributed by atoms with Gasteiger partial charge in [0, 0.05) is 0 Å². The SMILES string of the molecule is Cc1cc2c(CCc3cc(C(C)(C)C)cc4[cH-]c(C)cc34)cc(C(C)(C)C)cc2[cH-]1.[Cl-].[Cl-].[Zr+4]. The van der Waals surface area contributed by atoms with Crippen molar-refractivity contribution < 1.29 is 51.0 Å². The van der Waals surface area contributed by atoms with Crippen LogP contribution in [0.3, 0.4) is 0 Å². The molecule has 0 aliphatic heterocycles. The molecule has 0 radical (unpaired) electrons. The molecule has 0 aliphatic carbocycles. The molecule has 0 saturated carbocycles. The maximum atomic E-state index is 2.46. The van der Waals surface area contributed by atoms with Crippen molar-refractivity contribution in [3.63, 3.8) is 0 Å². The van der Waals surface area contributed by atoms with Crippen LogP contribution < -0.4 is 24.8 Å². The first-order valence-corrected chi connectivity index (χ1v) is 11.3. The van der Waals surface area contributed by atoms with E-state index in [2.05, 4.69) is 104 Å². The zero-order valence-electron chi connectivity index (χ0n) is 21.3. The molecule has 3 heteroatoms. The molecule has 174 valence electrons. The van der Waals surface area contributed by atoms with Crippen LogP contribution in [0.25, 0.3) is 21.5 Å². The summed E-state index contributed by atoms with van der Waals surface area (Å²) in [7, 11) is 0. The second kappa shape index (κ2) is 10.8. The summed E-state index contributed by atoms with van der Waals surface area (Å²) < 4.78 is 0. The van der Waals surface area contributed by atoms with Gasteiger partial charge >= 0.3 is 26.2 Å². The molecule has 0 amide bonds. The summed E-state index contributed by atoms with van der Waals surface area (Å²) in [6.45, 7) is 18.3. The zero-order valence-corrected chi connectivity index (χ0v) is 25.3. The van der Waals surface area contributed by atoms with Crippen molar-refractivity contribution in [1.29, 1.82) is 0 Å². The van der Waals surface area contributed by atoms with Crippen LogP contribution in [0.5, 0.6) is 0 Å². The molecule has 4 rings (SSSR count). The van der Waals surface area contributed by atoms with Gasteiger partial charge in [-0.2, -0.15) is 12.1 Å². The summed E-state index contributed by atoms with van der Waals surface area (Å²) in [5, 5.41) is 5.66. The minimum absolute atomic E-state index is 0. The van der Waals surface area contributed by atoms with E-state index in [0.717, 1.165) is 12.8 Å². The average molecular weight is 559 g/mol. The Labute approximate surface area is 232 Å². The Kier molecular flexibility index (Phi) is 9.87. The van der Waals surface area contributed by atoms with Gasteiger partial charge in [0.2, 0.25) is 0 Å². The molecule has 0 unspecified atom stereocenters. The van der Waals surface area contributed by atoms with E-state index >= 15 is 0 Å². The molecule has 0 N–H and O–H groups in total. The Bertz CT molecular complexity index is 1130. The third-order valence-corrected chi connectivity index (χ3v) is 6.50. The Morgan fingerprint density at radius 3 is 1.21 bits per heavy atom. The van der Waals surface area contributed by atoms with Gasteiger partial charge in [0.25, 0.3) is 0 Å².